The Morgan fingerprint density at radius 3 is 2.59 bits per heavy atom. The number of benzene rings is 1. The summed E-state index contributed by atoms with van der Waals surface area (Å²) in [7, 11) is 0. The van der Waals surface area contributed by atoms with E-state index in [1.807, 2.05) is 6.92 Å². The molecule has 0 aromatic heterocycles. The summed E-state index contributed by atoms with van der Waals surface area (Å²) < 4.78 is 0. The first-order valence-electron chi connectivity index (χ1n) is 5.43. The minimum Gasteiger partial charge on any atom is -0.508 e. The van der Waals surface area contributed by atoms with E-state index in [9.17, 15) is 14.7 Å². The van der Waals surface area contributed by atoms with E-state index in [1.165, 1.54) is 12.1 Å². The molecule has 1 aromatic rings. The predicted octanol–water partition coefficient (Wildman–Crippen LogP) is 1.17. The van der Waals surface area contributed by atoms with Gasteiger partial charge in [-0.15, -0.1) is 0 Å². The highest BCUT2D eigenvalue weighted by molar-refractivity contribution is 6.39. The molecule has 1 rings (SSSR count). The number of phenolic OH excluding ortho intramolecular Hbond substituents is 1. The Labute approximate surface area is 99.8 Å². The standard InChI is InChI=1S/C12H16N2O3/c1-3-6-13-11(16)12(17)14-10-5-4-9(15)7-8(10)2/h4-5,7,15H,3,6H2,1-2H3,(H,13,16)(H,14,17). The topological polar surface area (TPSA) is 78.4 Å². The third-order valence-corrected chi connectivity index (χ3v) is 2.20. The summed E-state index contributed by atoms with van der Waals surface area (Å²) in [6.45, 7) is 4.11. The van der Waals surface area contributed by atoms with Gasteiger partial charge in [-0.3, -0.25) is 9.59 Å². The lowest BCUT2D eigenvalue weighted by molar-refractivity contribution is -0.136. The molecule has 0 unspecified atom stereocenters. The Kier molecular flexibility index (Phi) is 4.51. The van der Waals surface area contributed by atoms with Crippen molar-refractivity contribution in [3.63, 3.8) is 0 Å². The van der Waals surface area contributed by atoms with E-state index in [-0.39, 0.29) is 5.75 Å². The Balaban J connectivity index is 2.64. The Hall–Kier alpha value is -2.04. The molecule has 0 saturated carbocycles. The molecule has 3 N–H and O–H groups in total. The average Bonchev–Trinajstić information content (AvgIpc) is 2.29. The van der Waals surface area contributed by atoms with Crippen molar-refractivity contribution in [1.82, 2.24) is 5.32 Å². The maximum atomic E-state index is 11.5. The quantitative estimate of drug-likeness (QED) is 0.544. The summed E-state index contributed by atoms with van der Waals surface area (Å²) in [5.74, 6) is -1.23. The molecule has 92 valence electrons. The molecule has 0 aliphatic heterocycles. The van der Waals surface area contributed by atoms with Crippen LogP contribution in [-0.4, -0.2) is 23.5 Å². The molecule has 0 atom stereocenters. The number of aryl methyl sites for hydroxylation is 1. The van der Waals surface area contributed by atoms with Crippen molar-refractivity contribution in [2.24, 2.45) is 0 Å². The van der Waals surface area contributed by atoms with Crippen molar-refractivity contribution in [3.05, 3.63) is 23.8 Å². The fraction of sp³-hybridized carbons (Fsp3) is 0.333. The van der Waals surface area contributed by atoms with E-state index in [2.05, 4.69) is 10.6 Å². The highest BCUT2D eigenvalue weighted by Gasteiger charge is 2.13. The van der Waals surface area contributed by atoms with E-state index >= 15 is 0 Å². The Morgan fingerprint density at radius 1 is 1.29 bits per heavy atom. The Bertz CT molecular complexity index is 430. The Morgan fingerprint density at radius 2 is 2.00 bits per heavy atom. The first-order valence-corrected chi connectivity index (χ1v) is 5.43. The number of amides is 2. The molecule has 0 bridgehead atoms. The van der Waals surface area contributed by atoms with Gasteiger partial charge in [0.25, 0.3) is 0 Å². The molecular weight excluding hydrogens is 220 g/mol. The van der Waals surface area contributed by atoms with Crippen LogP contribution in [0, 0.1) is 6.92 Å². The second-order valence-corrected chi connectivity index (χ2v) is 3.71. The van der Waals surface area contributed by atoms with E-state index in [4.69, 9.17) is 0 Å². The molecule has 0 heterocycles. The van der Waals surface area contributed by atoms with Crippen molar-refractivity contribution < 1.29 is 14.7 Å². The highest BCUT2D eigenvalue weighted by Crippen LogP contribution is 2.19. The van der Waals surface area contributed by atoms with Gasteiger partial charge in [-0.05, 0) is 37.1 Å². The van der Waals surface area contributed by atoms with Gasteiger partial charge in [0.15, 0.2) is 0 Å². The lowest BCUT2D eigenvalue weighted by atomic mass is 10.2. The minimum absolute atomic E-state index is 0.121. The molecule has 5 heteroatoms. The van der Waals surface area contributed by atoms with Gasteiger partial charge < -0.3 is 15.7 Å². The van der Waals surface area contributed by atoms with Crippen LogP contribution in [0.25, 0.3) is 0 Å². The normalized spacial score (nSPS) is 9.76. The smallest absolute Gasteiger partial charge is 0.313 e. The second kappa shape index (κ2) is 5.89. The van der Waals surface area contributed by atoms with Crippen molar-refractivity contribution in [1.29, 1.82) is 0 Å². The summed E-state index contributed by atoms with van der Waals surface area (Å²) in [4.78, 5) is 22.8. The van der Waals surface area contributed by atoms with E-state index in [1.54, 1.807) is 13.0 Å². The van der Waals surface area contributed by atoms with Crippen LogP contribution in [0.15, 0.2) is 18.2 Å². The van der Waals surface area contributed by atoms with Gasteiger partial charge in [0, 0.05) is 12.2 Å². The van der Waals surface area contributed by atoms with Gasteiger partial charge in [0.1, 0.15) is 5.75 Å². The fourth-order valence-electron chi connectivity index (χ4n) is 1.29. The molecule has 1 aromatic carbocycles. The number of nitrogens with one attached hydrogen (secondary N) is 2. The van der Waals surface area contributed by atoms with Crippen molar-refractivity contribution in [2.45, 2.75) is 20.3 Å². The molecule has 0 spiro atoms. The van der Waals surface area contributed by atoms with Gasteiger partial charge in [0.05, 0.1) is 0 Å². The number of carbonyl (C=O) groups excluding carboxylic acids is 2. The second-order valence-electron chi connectivity index (χ2n) is 3.71. The van der Waals surface area contributed by atoms with E-state index in [0.29, 0.717) is 17.8 Å². The van der Waals surface area contributed by atoms with Gasteiger partial charge in [0.2, 0.25) is 0 Å². The summed E-state index contributed by atoms with van der Waals surface area (Å²) in [6, 6.07) is 4.52. The van der Waals surface area contributed by atoms with Crippen LogP contribution < -0.4 is 10.6 Å². The molecule has 17 heavy (non-hydrogen) atoms. The lowest BCUT2D eigenvalue weighted by Gasteiger charge is -2.08. The maximum Gasteiger partial charge on any atom is 0.313 e. The van der Waals surface area contributed by atoms with Crippen LogP contribution in [0.3, 0.4) is 0 Å². The third-order valence-electron chi connectivity index (χ3n) is 2.20. The van der Waals surface area contributed by atoms with Gasteiger partial charge in [-0.1, -0.05) is 6.92 Å². The molecule has 0 radical (unpaired) electrons. The monoisotopic (exact) mass is 236 g/mol. The largest absolute Gasteiger partial charge is 0.508 e. The van der Waals surface area contributed by atoms with Gasteiger partial charge in [-0.25, -0.2) is 0 Å². The molecule has 0 aliphatic rings. The number of phenols is 1. The number of anilines is 1. The number of hydrogen-bond donors (Lipinski definition) is 3. The maximum absolute atomic E-state index is 11.5. The summed E-state index contributed by atoms with van der Waals surface area (Å²) >= 11 is 0. The first-order chi connectivity index (χ1) is 8.04. The average molecular weight is 236 g/mol. The molecule has 0 fully saturated rings. The van der Waals surface area contributed by atoms with Crippen molar-refractivity contribution in [2.75, 3.05) is 11.9 Å². The molecular formula is C12H16N2O3. The van der Waals surface area contributed by atoms with E-state index < -0.39 is 11.8 Å². The van der Waals surface area contributed by atoms with Crippen LogP contribution in [0.5, 0.6) is 5.75 Å². The van der Waals surface area contributed by atoms with Crippen LogP contribution in [0.1, 0.15) is 18.9 Å². The zero-order chi connectivity index (χ0) is 12.8. The molecule has 5 nitrogen and oxygen atoms in total. The third kappa shape index (κ3) is 3.79. The SMILES string of the molecule is CCCNC(=O)C(=O)Nc1ccc(O)cc1C. The molecule has 2 amide bonds. The first kappa shape index (κ1) is 13.0. The number of hydrogen-bond acceptors (Lipinski definition) is 3. The van der Waals surface area contributed by atoms with Crippen LogP contribution in [0.4, 0.5) is 5.69 Å². The van der Waals surface area contributed by atoms with Crippen LogP contribution >= 0.6 is 0 Å². The van der Waals surface area contributed by atoms with Crippen molar-refractivity contribution in [3.8, 4) is 5.75 Å². The summed E-state index contributed by atoms with van der Waals surface area (Å²) in [5.41, 5.74) is 1.21. The minimum atomic E-state index is -0.702. The molecule has 0 aliphatic carbocycles. The van der Waals surface area contributed by atoms with Crippen LogP contribution in [0.2, 0.25) is 0 Å². The summed E-state index contributed by atoms with van der Waals surface area (Å²) in [5, 5.41) is 14.2. The zero-order valence-corrected chi connectivity index (χ0v) is 9.91. The van der Waals surface area contributed by atoms with Gasteiger partial charge >= 0.3 is 11.8 Å². The molecule has 0 saturated heterocycles. The predicted molar refractivity (Wildman–Crippen MR) is 64.8 cm³/mol. The number of rotatable bonds is 3. The van der Waals surface area contributed by atoms with Crippen LogP contribution in [-0.2, 0) is 9.59 Å². The fourth-order valence-corrected chi connectivity index (χ4v) is 1.29. The van der Waals surface area contributed by atoms with E-state index in [0.717, 1.165) is 6.42 Å². The summed E-state index contributed by atoms with van der Waals surface area (Å²) in [6.07, 6.45) is 0.775. The lowest BCUT2D eigenvalue weighted by Crippen LogP contribution is -2.35. The number of carbonyl (C=O) groups is 2. The zero-order valence-electron chi connectivity index (χ0n) is 9.91. The van der Waals surface area contributed by atoms with Crippen molar-refractivity contribution >= 4 is 17.5 Å². The number of aromatic hydroxyl groups is 1. The highest BCUT2D eigenvalue weighted by atomic mass is 16.3. The van der Waals surface area contributed by atoms with Gasteiger partial charge in [-0.2, -0.15) is 0 Å².